The molecule has 4 fully saturated rings. The van der Waals surface area contributed by atoms with Gasteiger partial charge in [0.2, 0.25) is 0 Å². The lowest BCUT2D eigenvalue weighted by atomic mass is 9.44. The zero-order valence-corrected chi connectivity index (χ0v) is 16.0. The monoisotopic (exact) mass is 330 g/mol. The van der Waals surface area contributed by atoms with Crippen molar-refractivity contribution < 1.29 is 5.11 Å². The smallest absolute Gasteiger partial charge is 0.0706 e. The van der Waals surface area contributed by atoms with E-state index < -0.39 is 5.60 Å². The lowest BCUT2D eigenvalue weighted by molar-refractivity contribution is -0.153. The first-order valence-electron chi connectivity index (χ1n) is 10.8. The third kappa shape index (κ3) is 2.22. The highest BCUT2D eigenvalue weighted by molar-refractivity contribution is 5.13. The fourth-order valence-corrected chi connectivity index (χ4v) is 8.16. The maximum absolute atomic E-state index is 11.5. The second-order valence-corrected chi connectivity index (χ2v) is 10.3. The van der Waals surface area contributed by atoms with E-state index in [1.165, 1.54) is 57.8 Å². The van der Waals surface area contributed by atoms with Crippen LogP contribution in [0.25, 0.3) is 0 Å². The lowest BCUT2D eigenvalue weighted by Gasteiger charge is -2.61. The zero-order chi connectivity index (χ0) is 17.0. The third-order valence-corrected chi connectivity index (χ3v) is 9.67. The fourth-order valence-electron chi connectivity index (χ4n) is 8.16. The van der Waals surface area contributed by atoms with Gasteiger partial charge in [0.25, 0.3) is 0 Å². The van der Waals surface area contributed by atoms with Gasteiger partial charge in [0.15, 0.2) is 0 Å². The minimum atomic E-state index is -0.429. The Hall–Kier alpha value is -0.300. The molecule has 0 bridgehead atoms. The first-order chi connectivity index (χ1) is 11.4. The van der Waals surface area contributed by atoms with Crippen LogP contribution < -0.4 is 0 Å². The fraction of sp³-hybridized carbons (Fsp3) is 0.913. The van der Waals surface area contributed by atoms with Gasteiger partial charge in [0, 0.05) is 0 Å². The Morgan fingerprint density at radius 2 is 1.75 bits per heavy atom. The molecule has 4 rings (SSSR count). The standard InChI is InChI=1S/C23H38O/c1-4-5-14-23(24)16-12-20-18-10-9-17-8-6-7-13-21(17,2)19(18)11-15-22(20,23)3/h4,17-20,24H,1,5-16H2,2-3H3/t17-,18-,19+,20+,21+,22+,23+/m1/s1. The van der Waals surface area contributed by atoms with Crippen molar-refractivity contribution in [3.05, 3.63) is 12.7 Å². The van der Waals surface area contributed by atoms with Crippen LogP contribution in [-0.2, 0) is 0 Å². The van der Waals surface area contributed by atoms with Gasteiger partial charge in [0.05, 0.1) is 5.60 Å². The van der Waals surface area contributed by atoms with Crippen molar-refractivity contribution >= 4 is 0 Å². The van der Waals surface area contributed by atoms with Crippen LogP contribution in [0.3, 0.4) is 0 Å². The van der Waals surface area contributed by atoms with Gasteiger partial charge in [-0.3, -0.25) is 0 Å². The maximum Gasteiger partial charge on any atom is 0.0706 e. The van der Waals surface area contributed by atoms with Crippen molar-refractivity contribution in [1.82, 2.24) is 0 Å². The van der Waals surface area contributed by atoms with Crippen molar-refractivity contribution in [2.75, 3.05) is 0 Å². The molecule has 0 spiro atoms. The van der Waals surface area contributed by atoms with Gasteiger partial charge in [-0.25, -0.2) is 0 Å². The molecule has 4 saturated carbocycles. The molecule has 0 amide bonds. The summed E-state index contributed by atoms with van der Waals surface area (Å²) in [6, 6.07) is 0. The molecule has 0 aromatic rings. The van der Waals surface area contributed by atoms with E-state index in [0.29, 0.717) is 5.41 Å². The Balaban J connectivity index is 1.60. The molecule has 4 aliphatic rings. The van der Waals surface area contributed by atoms with Crippen LogP contribution in [0.5, 0.6) is 0 Å². The third-order valence-electron chi connectivity index (χ3n) is 9.67. The quantitative estimate of drug-likeness (QED) is 0.618. The van der Waals surface area contributed by atoms with E-state index in [-0.39, 0.29) is 5.41 Å². The first-order valence-corrected chi connectivity index (χ1v) is 10.8. The van der Waals surface area contributed by atoms with Crippen LogP contribution in [0.2, 0.25) is 0 Å². The van der Waals surface area contributed by atoms with E-state index >= 15 is 0 Å². The van der Waals surface area contributed by atoms with Crippen LogP contribution >= 0.6 is 0 Å². The minimum absolute atomic E-state index is 0.162. The first kappa shape index (κ1) is 17.1. The molecule has 0 aromatic heterocycles. The molecule has 136 valence electrons. The summed E-state index contributed by atoms with van der Waals surface area (Å²) in [5.74, 6) is 3.60. The van der Waals surface area contributed by atoms with Gasteiger partial charge in [-0.15, -0.1) is 6.58 Å². The molecule has 0 unspecified atom stereocenters. The molecule has 1 nitrogen and oxygen atoms in total. The summed E-state index contributed by atoms with van der Waals surface area (Å²) < 4.78 is 0. The largest absolute Gasteiger partial charge is 0.389 e. The maximum atomic E-state index is 11.5. The summed E-state index contributed by atoms with van der Waals surface area (Å²) in [5, 5.41) is 11.5. The number of aliphatic hydroxyl groups is 1. The van der Waals surface area contributed by atoms with E-state index in [9.17, 15) is 5.11 Å². The van der Waals surface area contributed by atoms with Gasteiger partial charge in [-0.05, 0) is 98.7 Å². The molecule has 1 heteroatoms. The molecule has 1 N–H and O–H groups in total. The highest BCUT2D eigenvalue weighted by Gasteiger charge is 2.63. The van der Waals surface area contributed by atoms with Crippen LogP contribution in [-0.4, -0.2) is 10.7 Å². The van der Waals surface area contributed by atoms with Gasteiger partial charge >= 0.3 is 0 Å². The zero-order valence-electron chi connectivity index (χ0n) is 16.0. The van der Waals surface area contributed by atoms with Crippen LogP contribution in [0.1, 0.15) is 90.9 Å². The van der Waals surface area contributed by atoms with Crippen molar-refractivity contribution in [3.8, 4) is 0 Å². The van der Waals surface area contributed by atoms with E-state index in [4.69, 9.17) is 0 Å². The number of allylic oxidation sites excluding steroid dienone is 1. The molecular formula is C23H38O. The molecule has 4 aliphatic carbocycles. The highest BCUT2D eigenvalue weighted by Crippen LogP contribution is 2.68. The molecule has 0 aliphatic heterocycles. The molecular weight excluding hydrogens is 292 g/mol. The summed E-state index contributed by atoms with van der Waals surface area (Å²) in [5.41, 5.74) is 0.348. The molecule has 0 saturated heterocycles. The van der Waals surface area contributed by atoms with Crippen LogP contribution in [0.4, 0.5) is 0 Å². The normalized spacial score (nSPS) is 53.8. The summed E-state index contributed by atoms with van der Waals surface area (Å²) >= 11 is 0. The predicted octanol–water partition coefficient (Wildman–Crippen LogP) is 6.12. The Bertz CT molecular complexity index is 498. The number of fused-ring (bicyclic) bond motifs is 5. The lowest BCUT2D eigenvalue weighted by Crippen LogP contribution is -2.56. The molecule has 0 heterocycles. The molecule has 7 atom stereocenters. The average molecular weight is 331 g/mol. The van der Waals surface area contributed by atoms with Crippen molar-refractivity contribution in [2.45, 2.75) is 96.5 Å². The second-order valence-electron chi connectivity index (χ2n) is 10.3. The van der Waals surface area contributed by atoms with E-state index in [1.807, 2.05) is 6.08 Å². The summed E-state index contributed by atoms with van der Waals surface area (Å²) in [4.78, 5) is 0. The minimum Gasteiger partial charge on any atom is -0.389 e. The van der Waals surface area contributed by atoms with Gasteiger partial charge < -0.3 is 5.11 Å². The average Bonchev–Trinajstić information content (AvgIpc) is 2.84. The van der Waals surface area contributed by atoms with Crippen LogP contribution in [0, 0.1) is 34.5 Å². The molecule has 0 radical (unpaired) electrons. The SMILES string of the molecule is C=CCC[C@]1(O)CC[C@H]2[C@@H]3CC[C@H]4CCCC[C@]4(C)[C@H]3CC[C@@]21C. The molecule has 0 aromatic carbocycles. The van der Waals surface area contributed by atoms with Crippen LogP contribution in [0.15, 0.2) is 12.7 Å². The predicted molar refractivity (Wildman–Crippen MR) is 101 cm³/mol. The van der Waals surface area contributed by atoms with Crippen molar-refractivity contribution in [1.29, 1.82) is 0 Å². The summed E-state index contributed by atoms with van der Waals surface area (Å²) in [7, 11) is 0. The summed E-state index contributed by atoms with van der Waals surface area (Å²) in [6.45, 7) is 8.98. The Morgan fingerprint density at radius 3 is 2.54 bits per heavy atom. The number of hydrogen-bond donors (Lipinski definition) is 1. The Kier molecular flexibility index (Phi) is 4.18. The number of rotatable bonds is 3. The number of hydrogen-bond acceptors (Lipinski definition) is 1. The second kappa shape index (κ2) is 5.86. The van der Waals surface area contributed by atoms with Gasteiger partial charge in [0.1, 0.15) is 0 Å². The van der Waals surface area contributed by atoms with E-state index in [0.717, 1.165) is 42.9 Å². The highest BCUT2D eigenvalue weighted by atomic mass is 16.3. The topological polar surface area (TPSA) is 20.2 Å². The van der Waals surface area contributed by atoms with Crippen molar-refractivity contribution in [3.63, 3.8) is 0 Å². The molecule has 24 heavy (non-hydrogen) atoms. The van der Waals surface area contributed by atoms with E-state index in [2.05, 4.69) is 20.4 Å². The Labute approximate surface area is 149 Å². The summed E-state index contributed by atoms with van der Waals surface area (Å²) in [6.07, 6.45) is 17.6. The van der Waals surface area contributed by atoms with Gasteiger partial charge in [-0.2, -0.15) is 0 Å². The van der Waals surface area contributed by atoms with Crippen molar-refractivity contribution in [2.24, 2.45) is 34.5 Å². The van der Waals surface area contributed by atoms with E-state index in [1.54, 1.807) is 0 Å². The van der Waals surface area contributed by atoms with Gasteiger partial charge in [-0.1, -0.05) is 32.8 Å². The Morgan fingerprint density at radius 1 is 0.958 bits per heavy atom.